The number of benzene rings is 1. The van der Waals surface area contributed by atoms with Gasteiger partial charge < -0.3 is 4.40 Å². The van der Waals surface area contributed by atoms with Gasteiger partial charge in [-0.2, -0.15) is 0 Å². The van der Waals surface area contributed by atoms with E-state index in [0.29, 0.717) is 0 Å². The van der Waals surface area contributed by atoms with Crippen molar-refractivity contribution in [2.75, 3.05) is 0 Å². The maximum Gasteiger partial charge on any atom is 0.173 e. The van der Waals surface area contributed by atoms with Crippen molar-refractivity contribution in [3.8, 4) is 11.3 Å². The zero-order chi connectivity index (χ0) is 12.7. The highest BCUT2D eigenvalue weighted by molar-refractivity contribution is 5.63. The summed E-state index contributed by atoms with van der Waals surface area (Å²) in [5.74, 6) is -1.88. The van der Waals surface area contributed by atoms with E-state index in [1.807, 2.05) is 0 Å². The molecule has 0 saturated heterocycles. The standard InChI is InChI=1S/C13H7F3N2/c14-8-3-4-9(11(16)6-8)12-7-18-5-1-2-10(15)13(18)17-12/h1-7H. The van der Waals surface area contributed by atoms with Gasteiger partial charge in [0.15, 0.2) is 11.5 Å². The predicted octanol–water partition coefficient (Wildman–Crippen LogP) is 3.42. The van der Waals surface area contributed by atoms with Crippen LogP contribution in [0.15, 0.2) is 42.7 Å². The van der Waals surface area contributed by atoms with Crippen molar-refractivity contribution in [1.29, 1.82) is 0 Å². The van der Waals surface area contributed by atoms with Gasteiger partial charge in [0.05, 0.1) is 5.69 Å². The lowest BCUT2D eigenvalue weighted by molar-refractivity contribution is 0.585. The number of imidazole rings is 1. The summed E-state index contributed by atoms with van der Waals surface area (Å²) in [5.41, 5.74) is 0.508. The number of hydrogen-bond donors (Lipinski definition) is 0. The zero-order valence-corrected chi connectivity index (χ0v) is 9.07. The van der Waals surface area contributed by atoms with Gasteiger partial charge in [0.2, 0.25) is 0 Å². The highest BCUT2D eigenvalue weighted by Crippen LogP contribution is 2.23. The number of rotatable bonds is 1. The van der Waals surface area contributed by atoms with E-state index in [1.54, 1.807) is 6.20 Å². The van der Waals surface area contributed by atoms with Crippen LogP contribution >= 0.6 is 0 Å². The molecule has 3 aromatic rings. The molecule has 90 valence electrons. The van der Waals surface area contributed by atoms with Crippen LogP contribution in [0.25, 0.3) is 16.9 Å². The van der Waals surface area contributed by atoms with Gasteiger partial charge in [0.1, 0.15) is 11.6 Å². The highest BCUT2D eigenvalue weighted by Gasteiger charge is 2.11. The number of aromatic nitrogens is 2. The van der Waals surface area contributed by atoms with Gasteiger partial charge in [-0.15, -0.1) is 0 Å². The lowest BCUT2D eigenvalue weighted by Crippen LogP contribution is -1.86. The molecule has 0 aliphatic rings. The molecule has 18 heavy (non-hydrogen) atoms. The largest absolute Gasteiger partial charge is 0.304 e. The first-order valence-electron chi connectivity index (χ1n) is 5.24. The topological polar surface area (TPSA) is 17.3 Å². The van der Waals surface area contributed by atoms with Crippen molar-refractivity contribution in [1.82, 2.24) is 9.38 Å². The minimum absolute atomic E-state index is 0.108. The molecule has 0 spiro atoms. The van der Waals surface area contributed by atoms with E-state index in [1.165, 1.54) is 28.8 Å². The molecule has 0 fully saturated rings. The van der Waals surface area contributed by atoms with Gasteiger partial charge in [-0.3, -0.25) is 0 Å². The van der Waals surface area contributed by atoms with E-state index in [2.05, 4.69) is 4.98 Å². The Bertz CT molecular complexity index is 734. The fourth-order valence-electron chi connectivity index (χ4n) is 1.81. The minimum atomic E-state index is -0.723. The molecular formula is C13H7F3N2. The Morgan fingerprint density at radius 2 is 1.83 bits per heavy atom. The van der Waals surface area contributed by atoms with Crippen LogP contribution in [0.2, 0.25) is 0 Å². The van der Waals surface area contributed by atoms with Gasteiger partial charge in [-0.1, -0.05) is 0 Å². The van der Waals surface area contributed by atoms with Crippen molar-refractivity contribution in [2.24, 2.45) is 0 Å². The Kier molecular flexibility index (Phi) is 2.33. The first kappa shape index (κ1) is 10.8. The second-order valence-corrected chi connectivity index (χ2v) is 3.84. The number of hydrogen-bond acceptors (Lipinski definition) is 1. The normalized spacial score (nSPS) is 11.1. The second-order valence-electron chi connectivity index (χ2n) is 3.84. The molecule has 0 radical (unpaired) electrons. The van der Waals surface area contributed by atoms with Gasteiger partial charge in [0, 0.05) is 24.0 Å². The van der Waals surface area contributed by atoms with E-state index < -0.39 is 17.5 Å². The quantitative estimate of drug-likeness (QED) is 0.645. The van der Waals surface area contributed by atoms with Crippen LogP contribution in [-0.2, 0) is 0 Å². The molecule has 2 heterocycles. The van der Waals surface area contributed by atoms with Gasteiger partial charge >= 0.3 is 0 Å². The molecule has 0 bridgehead atoms. The Balaban J connectivity index is 2.23. The summed E-state index contributed by atoms with van der Waals surface area (Å²) in [6.07, 6.45) is 3.10. The average molecular weight is 248 g/mol. The number of nitrogens with zero attached hydrogens (tertiary/aromatic N) is 2. The number of halogens is 3. The third kappa shape index (κ3) is 1.64. The zero-order valence-electron chi connectivity index (χ0n) is 9.07. The second kappa shape index (κ2) is 3.87. The lowest BCUT2D eigenvalue weighted by atomic mass is 10.1. The fourth-order valence-corrected chi connectivity index (χ4v) is 1.81. The number of fused-ring (bicyclic) bond motifs is 1. The van der Waals surface area contributed by atoms with Crippen LogP contribution < -0.4 is 0 Å². The van der Waals surface area contributed by atoms with Gasteiger partial charge in [-0.05, 0) is 24.3 Å². The van der Waals surface area contributed by atoms with Crippen molar-refractivity contribution in [3.63, 3.8) is 0 Å². The Labute approximate surface area is 100 Å². The first-order chi connectivity index (χ1) is 8.65. The van der Waals surface area contributed by atoms with Gasteiger partial charge in [-0.25, -0.2) is 18.2 Å². The van der Waals surface area contributed by atoms with Crippen molar-refractivity contribution in [3.05, 3.63) is 60.2 Å². The molecule has 0 aliphatic heterocycles. The van der Waals surface area contributed by atoms with E-state index in [0.717, 1.165) is 12.1 Å². The van der Waals surface area contributed by atoms with E-state index >= 15 is 0 Å². The van der Waals surface area contributed by atoms with Gasteiger partial charge in [0.25, 0.3) is 0 Å². The predicted molar refractivity (Wildman–Crippen MR) is 60.5 cm³/mol. The van der Waals surface area contributed by atoms with Crippen LogP contribution in [0.4, 0.5) is 13.2 Å². The molecule has 0 unspecified atom stereocenters. The van der Waals surface area contributed by atoms with Crippen LogP contribution in [-0.4, -0.2) is 9.38 Å². The summed E-state index contributed by atoms with van der Waals surface area (Å²) in [7, 11) is 0. The SMILES string of the molecule is Fc1ccc(-c2cn3cccc(F)c3n2)c(F)c1. The Morgan fingerprint density at radius 1 is 1.00 bits per heavy atom. The minimum Gasteiger partial charge on any atom is -0.304 e. The molecule has 3 rings (SSSR count). The van der Waals surface area contributed by atoms with E-state index in [4.69, 9.17) is 0 Å². The molecule has 0 N–H and O–H groups in total. The molecular weight excluding hydrogens is 241 g/mol. The highest BCUT2D eigenvalue weighted by atomic mass is 19.1. The molecule has 2 aromatic heterocycles. The summed E-state index contributed by atoms with van der Waals surface area (Å²) in [6, 6.07) is 5.99. The molecule has 1 aromatic carbocycles. The molecule has 0 atom stereocenters. The van der Waals surface area contributed by atoms with Crippen molar-refractivity contribution < 1.29 is 13.2 Å². The van der Waals surface area contributed by atoms with Crippen molar-refractivity contribution >= 4 is 5.65 Å². The third-order valence-electron chi connectivity index (χ3n) is 2.64. The molecule has 5 heteroatoms. The monoisotopic (exact) mass is 248 g/mol. The average Bonchev–Trinajstić information content (AvgIpc) is 2.74. The fraction of sp³-hybridized carbons (Fsp3) is 0. The Morgan fingerprint density at radius 3 is 2.56 bits per heavy atom. The lowest BCUT2D eigenvalue weighted by Gasteiger charge is -1.98. The molecule has 0 aliphatic carbocycles. The summed E-state index contributed by atoms with van der Waals surface area (Å²) >= 11 is 0. The number of pyridine rings is 1. The van der Waals surface area contributed by atoms with Crippen LogP contribution in [0.5, 0.6) is 0 Å². The van der Waals surface area contributed by atoms with Crippen LogP contribution in [0.1, 0.15) is 0 Å². The molecule has 2 nitrogen and oxygen atoms in total. The van der Waals surface area contributed by atoms with Crippen LogP contribution in [0.3, 0.4) is 0 Å². The van der Waals surface area contributed by atoms with E-state index in [-0.39, 0.29) is 16.9 Å². The summed E-state index contributed by atoms with van der Waals surface area (Å²) < 4.78 is 41.3. The summed E-state index contributed by atoms with van der Waals surface area (Å²) in [6.45, 7) is 0. The van der Waals surface area contributed by atoms with Crippen LogP contribution in [0, 0.1) is 17.5 Å². The summed E-state index contributed by atoms with van der Waals surface area (Å²) in [5, 5.41) is 0. The Hall–Kier alpha value is -2.30. The first-order valence-corrected chi connectivity index (χ1v) is 5.24. The molecule has 0 saturated carbocycles. The molecule has 0 amide bonds. The smallest absolute Gasteiger partial charge is 0.173 e. The van der Waals surface area contributed by atoms with E-state index in [9.17, 15) is 13.2 Å². The maximum absolute atomic E-state index is 13.6. The third-order valence-corrected chi connectivity index (χ3v) is 2.64. The maximum atomic E-state index is 13.6. The van der Waals surface area contributed by atoms with Crippen molar-refractivity contribution in [2.45, 2.75) is 0 Å². The summed E-state index contributed by atoms with van der Waals surface area (Å²) in [4.78, 5) is 4.00.